The number of hydrogen-bond acceptors (Lipinski definition) is 3. The van der Waals surface area contributed by atoms with Gasteiger partial charge in [0.2, 0.25) is 0 Å². The zero-order valence-corrected chi connectivity index (χ0v) is 11.4. The van der Waals surface area contributed by atoms with Gasteiger partial charge in [-0.25, -0.2) is 4.79 Å². The van der Waals surface area contributed by atoms with Crippen LogP contribution in [0.2, 0.25) is 0 Å². The van der Waals surface area contributed by atoms with Gasteiger partial charge in [0.1, 0.15) is 19.8 Å². The Hall–Kier alpha value is -2.12. The van der Waals surface area contributed by atoms with Gasteiger partial charge < -0.3 is 19.7 Å². The summed E-state index contributed by atoms with van der Waals surface area (Å²) in [6.07, 6.45) is -4.42. The number of alkyl halides is 3. The number of fused-ring (bicyclic) bond motifs is 1. The minimum Gasteiger partial charge on any atom is -0.486 e. The molecule has 1 N–H and O–H groups in total. The lowest BCUT2D eigenvalue weighted by Crippen LogP contribution is -2.41. The van der Waals surface area contributed by atoms with Gasteiger partial charge in [-0.1, -0.05) is 6.07 Å². The SMILES string of the molecule is CN(Cc1ccc2c(c1)OCCO2)C(=O)NCC(F)(F)F. The van der Waals surface area contributed by atoms with Gasteiger partial charge in [0.05, 0.1) is 0 Å². The Balaban J connectivity index is 1.93. The first-order chi connectivity index (χ1) is 9.85. The van der Waals surface area contributed by atoms with E-state index in [-0.39, 0.29) is 6.54 Å². The fourth-order valence-corrected chi connectivity index (χ4v) is 1.84. The lowest BCUT2D eigenvalue weighted by atomic mass is 10.2. The normalized spacial score (nSPS) is 13.7. The van der Waals surface area contributed by atoms with Gasteiger partial charge in [0.15, 0.2) is 11.5 Å². The number of nitrogens with zero attached hydrogens (tertiary/aromatic N) is 1. The van der Waals surface area contributed by atoms with E-state index in [9.17, 15) is 18.0 Å². The summed E-state index contributed by atoms with van der Waals surface area (Å²) < 4.78 is 46.9. The molecule has 0 fully saturated rings. The number of benzene rings is 1. The molecule has 0 saturated heterocycles. The molecule has 0 bridgehead atoms. The molecule has 1 heterocycles. The molecule has 1 aliphatic rings. The van der Waals surface area contributed by atoms with Crippen LogP contribution in [0, 0.1) is 0 Å². The zero-order chi connectivity index (χ0) is 15.5. The minimum atomic E-state index is -4.42. The zero-order valence-electron chi connectivity index (χ0n) is 11.4. The third kappa shape index (κ3) is 4.44. The van der Waals surface area contributed by atoms with Crippen molar-refractivity contribution in [3.05, 3.63) is 23.8 Å². The summed E-state index contributed by atoms with van der Waals surface area (Å²) in [5.74, 6) is 1.19. The summed E-state index contributed by atoms with van der Waals surface area (Å²) in [7, 11) is 1.42. The Kier molecular flexibility index (Phi) is 4.44. The number of rotatable bonds is 3. The highest BCUT2D eigenvalue weighted by atomic mass is 19.4. The van der Waals surface area contributed by atoms with E-state index in [1.807, 2.05) is 5.32 Å². The first kappa shape index (κ1) is 15.3. The van der Waals surface area contributed by atoms with Gasteiger partial charge in [-0.2, -0.15) is 13.2 Å². The molecule has 0 unspecified atom stereocenters. The molecular weight excluding hydrogens is 289 g/mol. The van der Waals surface area contributed by atoms with Crippen molar-refractivity contribution in [2.75, 3.05) is 26.8 Å². The third-order valence-corrected chi connectivity index (χ3v) is 2.81. The molecule has 5 nitrogen and oxygen atoms in total. The first-order valence-corrected chi connectivity index (χ1v) is 6.29. The molecule has 1 aromatic rings. The first-order valence-electron chi connectivity index (χ1n) is 6.29. The lowest BCUT2D eigenvalue weighted by Gasteiger charge is -2.21. The summed E-state index contributed by atoms with van der Waals surface area (Å²) in [5, 5.41) is 1.81. The van der Waals surface area contributed by atoms with Crippen molar-refractivity contribution >= 4 is 6.03 Å². The van der Waals surface area contributed by atoms with Crippen LogP contribution >= 0.6 is 0 Å². The highest BCUT2D eigenvalue weighted by Gasteiger charge is 2.28. The van der Waals surface area contributed by atoms with Gasteiger partial charge in [0.25, 0.3) is 0 Å². The van der Waals surface area contributed by atoms with Gasteiger partial charge in [0, 0.05) is 13.6 Å². The number of nitrogens with one attached hydrogen (secondary N) is 1. The van der Waals surface area contributed by atoms with Crippen molar-refractivity contribution in [2.45, 2.75) is 12.7 Å². The third-order valence-electron chi connectivity index (χ3n) is 2.81. The molecule has 0 atom stereocenters. The maximum atomic E-state index is 12.0. The largest absolute Gasteiger partial charge is 0.486 e. The predicted octanol–water partition coefficient (Wildman–Crippen LogP) is 2.16. The Morgan fingerprint density at radius 3 is 2.62 bits per heavy atom. The molecular formula is C13H15F3N2O3. The van der Waals surface area contributed by atoms with E-state index in [4.69, 9.17) is 9.47 Å². The van der Waals surface area contributed by atoms with Crippen LogP contribution in [-0.2, 0) is 6.54 Å². The molecule has 0 aromatic heterocycles. The number of carbonyl (C=O) groups excluding carboxylic acids is 1. The van der Waals surface area contributed by atoms with Crippen LogP contribution < -0.4 is 14.8 Å². The number of hydrogen-bond donors (Lipinski definition) is 1. The van der Waals surface area contributed by atoms with E-state index in [1.165, 1.54) is 7.05 Å². The second-order valence-corrected chi connectivity index (χ2v) is 4.61. The monoisotopic (exact) mass is 304 g/mol. The van der Waals surface area contributed by atoms with Gasteiger partial charge >= 0.3 is 12.2 Å². The summed E-state index contributed by atoms with van der Waals surface area (Å²) in [4.78, 5) is 12.7. The number of amides is 2. The quantitative estimate of drug-likeness (QED) is 0.931. The van der Waals surface area contributed by atoms with Crippen molar-refractivity contribution < 1.29 is 27.4 Å². The van der Waals surface area contributed by atoms with E-state index >= 15 is 0 Å². The number of carbonyl (C=O) groups is 1. The Bertz CT molecular complexity index is 520. The van der Waals surface area contributed by atoms with E-state index in [0.29, 0.717) is 24.7 Å². The molecule has 21 heavy (non-hydrogen) atoms. The van der Waals surface area contributed by atoms with Crippen molar-refractivity contribution in [1.29, 1.82) is 0 Å². The van der Waals surface area contributed by atoms with Crippen molar-refractivity contribution in [1.82, 2.24) is 10.2 Å². The molecule has 1 aliphatic heterocycles. The molecule has 2 rings (SSSR count). The predicted molar refractivity (Wildman–Crippen MR) is 68.4 cm³/mol. The Morgan fingerprint density at radius 1 is 1.29 bits per heavy atom. The van der Waals surface area contributed by atoms with Crippen LogP contribution in [0.5, 0.6) is 11.5 Å². The maximum absolute atomic E-state index is 12.0. The van der Waals surface area contributed by atoms with Crippen LogP contribution in [-0.4, -0.2) is 43.9 Å². The standard InChI is InChI=1S/C13H15F3N2O3/c1-18(12(19)17-8-13(14,15)16)7-9-2-3-10-11(6-9)21-5-4-20-10/h2-3,6H,4-5,7-8H2,1H3,(H,17,19). The van der Waals surface area contributed by atoms with Crippen LogP contribution in [0.15, 0.2) is 18.2 Å². The van der Waals surface area contributed by atoms with E-state index < -0.39 is 18.8 Å². The molecule has 0 saturated carbocycles. The van der Waals surface area contributed by atoms with Gasteiger partial charge in [-0.15, -0.1) is 0 Å². The Labute approximate surface area is 119 Å². The lowest BCUT2D eigenvalue weighted by molar-refractivity contribution is -0.123. The van der Waals surface area contributed by atoms with Gasteiger partial charge in [-0.3, -0.25) is 0 Å². The average Bonchev–Trinajstić information content (AvgIpc) is 2.43. The molecule has 0 radical (unpaired) electrons. The molecule has 8 heteroatoms. The molecule has 0 aliphatic carbocycles. The maximum Gasteiger partial charge on any atom is 0.405 e. The molecule has 1 aromatic carbocycles. The second-order valence-electron chi connectivity index (χ2n) is 4.61. The fourth-order valence-electron chi connectivity index (χ4n) is 1.84. The van der Waals surface area contributed by atoms with Crippen molar-refractivity contribution in [2.24, 2.45) is 0 Å². The highest BCUT2D eigenvalue weighted by molar-refractivity contribution is 5.73. The summed E-state index contributed by atoms with van der Waals surface area (Å²) in [6, 6.07) is 4.37. The van der Waals surface area contributed by atoms with E-state index in [2.05, 4.69) is 0 Å². The van der Waals surface area contributed by atoms with Gasteiger partial charge in [-0.05, 0) is 17.7 Å². The Morgan fingerprint density at radius 2 is 1.95 bits per heavy atom. The average molecular weight is 304 g/mol. The number of halogens is 3. The number of ether oxygens (including phenoxy) is 2. The molecule has 2 amide bonds. The highest BCUT2D eigenvalue weighted by Crippen LogP contribution is 2.31. The topological polar surface area (TPSA) is 50.8 Å². The van der Waals surface area contributed by atoms with E-state index in [0.717, 1.165) is 10.5 Å². The molecule has 0 spiro atoms. The van der Waals surface area contributed by atoms with Crippen LogP contribution in [0.25, 0.3) is 0 Å². The van der Waals surface area contributed by atoms with Crippen molar-refractivity contribution in [3.63, 3.8) is 0 Å². The van der Waals surface area contributed by atoms with Crippen LogP contribution in [0.3, 0.4) is 0 Å². The summed E-state index contributed by atoms with van der Waals surface area (Å²) in [5.41, 5.74) is 0.740. The minimum absolute atomic E-state index is 0.167. The second kappa shape index (κ2) is 6.11. The summed E-state index contributed by atoms with van der Waals surface area (Å²) in [6.45, 7) is -0.262. The van der Waals surface area contributed by atoms with E-state index in [1.54, 1.807) is 18.2 Å². The number of urea groups is 1. The van der Waals surface area contributed by atoms with Crippen LogP contribution in [0.4, 0.5) is 18.0 Å². The van der Waals surface area contributed by atoms with Crippen LogP contribution in [0.1, 0.15) is 5.56 Å². The fraction of sp³-hybridized carbons (Fsp3) is 0.462. The van der Waals surface area contributed by atoms with Crippen molar-refractivity contribution in [3.8, 4) is 11.5 Å². The smallest absolute Gasteiger partial charge is 0.405 e. The molecule has 116 valence electrons. The summed E-state index contributed by atoms with van der Waals surface area (Å²) >= 11 is 0.